The highest BCUT2D eigenvalue weighted by Gasteiger charge is 2.11. The standard InChI is InChI=1S/C12H17ClN4O2.HI/c13-10-1-2-11(16-9-10)19-6-3-15-12(14)17-4-7-18-8-5-17;/h1-2,9H,3-8H2,(H2,14,15);1H. The van der Waals surface area contributed by atoms with E-state index in [1.807, 2.05) is 4.90 Å². The summed E-state index contributed by atoms with van der Waals surface area (Å²) in [5.74, 6) is 1.07. The molecule has 20 heavy (non-hydrogen) atoms. The van der Waals surface area contributed by atoms with Gasteiger partial charge in [0, 0.05) is 25.4 Å². The van der Waals surface area contributed by atoms with Crippen molar-refractivity contribution in [3.05, 3.63) is 23.4 Å². The Morgan fingerprint density at radius 1 is 1.45 bits per heavy atom. The van der Waals surface area contributed by atoms with Gasteiger partial charge in [0.25, 0.3) is 0 Å². The average Bonchev–Trinajstić information content (AvgIpc) is 2.46. The second-order valence-electron chi connectivity index (χ2n) is 4.00. The third kappa shape index (κ3) is 5.68. The molecule has 0 aromatic carbocycles. The summed E-state index contributed by atoms with van der Waals surface area (Å²) in [5.41, 5.74) is 5.88. The molecule has 8 heteroatoms. The first kappa shape index (κ1) is 17.3. The van der Waals surface area contributed by atoms with Crippen LogP contribution in [0.1, 0.15) is 0 Å². The topological polar surface area (TPSA) is 73.0 Å². The Hall–Kier alpha value is -0.800. The molecule has 112 valence electrons. The van der Waals surface area contributed by atoms with E-state index in [4.69, 9.17) is 26.8 Å². The zero-order chi connectivity index (χ0) is 13.5. The van der Waals surface area contributed by atoms with Crippen LogP contribution in [0.3, 0.4) is 0 Å². The van der Waals surface area contributed by atoms with Crippen molar-refractivity contribution >= 4 is 41.5 Å². The second kappa shape index (κ2) is 9.19. The number of pyridine rings is 1. The van der Waals surface area contributed by atoms with E-state index in [-0.39, 0.29) is 24.0 Å². The van der Waals surface area contributed by atoms with Gasteiger partial charge in [-0.15, -0.1) is 24.0 Å². The van der Waals surface area contributed by atoms with E-state index in [1.165, 1.54) is 0 Å². The number of hydrogen-bond acceptors (Lipinski definition) is 4. The fourth-order valence-corrected chi connectivity index (χ4v) is 1.76. The first-order valence-corrected chi connectivity index (χ1v) is 6.50. The molecule has 0 radical (unpaired) electrons. The van der Waals surface area contributed by atoms with E-state index >= 15 is 0 Å². The number of aliphatic imine (C=N–C) groups is 1. The molecule has 1 aliphatic heterocycles. The molecule has 0 aliphatic carbocycles. The van der Waals surface area contributed by atoms with Gasteiger partial charge in [0.2, 0.25) is 5.88 Å². The molecule has 2 N–H and O–H groups in total. The molecular formula is C12H18ClIN4O2. The van der Waals surface area contributed by atoms with Crippen LogP contribution in [0.4, 0.5) is 0 Å². The van der Waals surface area contributed by atoms with Crippen LogP contribution in [0.2, 0.25) is 5.02 Å². The third-order valence-corrected chi connectivity index (χ3v) is 2.87. The maximum atomic E-state index is 5.88. The molecule has 2 heterocycles. The third-order valence-electron chi connectivity index (χ3n) is 2.65. The molecule has 1 aliphatic rings. The summed E-state index contributed by atoms with van der Waals surface area (Å²) in [6.45, 7) is 3.89. The zero-order valence-corrected chi connectivity index (χ0v) is 14.1. The number of nitrogens with zero attached hydrogens (tertiary/aromatic N) is 3. The molecule has 0 saturated carbocycles. The van der Waals surface area contributed by atoms with Gasteiger partial charge >= 0.3 is 0 Å². The SMILES string of the molecule is I.NC(=NCCOc1ccc(Cl)cn1)N1CCOCC1. The smallest absolute Gasteiger partial charge is 0.213 e. The number of nitrogens with two attached hydrogens (primary N) is 1. The highest BCUT2D eigenvalue weighted by Crippen LogP contribution is 2.11. The molecule has 1 saturated heterocycles. The maximum Gasteiger partial charge on any atom is 0.213 e. The first-order valence-electron chi connectivity index (χ1n) is 6.12. The number of halogens is 2. The number of ether oxygens (including phenoxy) is 2. The predicted octanol–water partition coefficient (Wildman–Crippen LogP) is 1.38. The van der Waals surface area contributed by atoms with Crippen molar-refractivity contribution in [3.63, 3.8) is 0 Å². The summed E-state index contributed by atoms with van der Waals surface area (Å²) < 4.78 is 10.7. The van der Waals surface area contributed by atoms with E-state index in [0.29, 0.717) is 43.2 Å². The largest absolute Gasteiger partial charge is 0.476 e. The van der Waals surface area contributed by atoms with Crippen LogP contribution in [0.5, 0.6) is 5.88 Å². The molecule has 0 bridgehead atoms. The average molecular weight is 413 g/mol. The summed E-state index contributed by atoms with van der Waals surface area (Å²) in [6, 6.07) is 3.45. The molecule has 0 atom stereocenters. The predicted molar refractivity (Wildman–Crippen MR) is 89.0 cm³/mol. The van der Waals surface area contributed by atoms with Gasteiger partial charge in [-0.05, 0) is 6.07 Å². The lowest BCUT2D eigenvalue weighted by atomic mass is 10.4. The maximum absolute atomic E-state index is 5.88. The molecule has 0 amide bonds. The van der Waals surface area contributed by atoms with Crippen LogP contribution in [0.25, 0.3) is 0 Å². The fraction of sp³-hybridized carbons (Fsp3) is 0.500. The van der Waals surface area contributed by atoms with Crippen molar-refractivity contribution in [3.8, 4) is 5.88 Å². The number of hydrogen-bond donors (Lipinski definition) is 1. The van der Waals surface area contributed by atoms with Gasteiger partial charge in [-0.1, -0.05) is 11.6 Å². The summed E-state index contributed by atoms with van der Waals surface area (Å²) >= 11 is 5.73. The Balaban J connectivity index is 0.00000200. The lowest BCUT2D eigenvalue weighted by Gasteiger charge is -2.27. The minimum atomic E-state index is 0. The summed E-state index contributed by atoms with van der Waals surface area (Å²) in [4.78, 5) is 10.3. The van der Waals surface area contributed by atoms with Crippen LogP contribution in [-0.2, 0) is 4.74 Å². The molecule has 1 aromatic rings. The Morgan fingerprint density at radius 2 is 2.20 bits per heavy atom. The Kier molecular flexibility index (Phi) is 7.93. The van der Waals surface area contributed by atoms with Crippen LogP contribution in [0.15, 0.2) is 23.3 Å². The van der Waals surface area contributed by atoms with Crippen LogP contribution in [0, 0.1) is 0 Å². The number of morpholine rings is 1. The van der Waals surface area contributed by atoms with Crippen molar-refractivity contribution in [2.75, 3.05) is 39.5 Å². The van der Waals surface area contributed by atoms with Crippen LogP contribution < -0.4 is 10.5 Å². The lowest BCUT2D eigenvalue weighted by molar-refractivity contribution is 0.0674. The molecule has 1 fully saturated rings. The van der Waals surface area contributed by atoms with Gasteiger partial charge in [-0.25, -0.2) is 9.98 Å². The van der Waals surface area contributed by atoms with Crippen molar-refractivity contribution in [2.45, 2.75) is 0 Å². The molecular weight excluding hydrogens is 395 g/mol. The quantitative estimate of drug-likeness (QED) is 0.350. The monoisotopic (exact) mass is 412 g/mol. The van der Waals surface area contributed by atoms with Crippen molar-refractivity contribution in [2.24, 2.45) is 10.7 Å². The van der Waals surface area contributed by atoms with Gasteiger partial charge in [0.05, 0.1) is 24.8 Å². The van der Waals surface area contributed by atoms with Gasteiger partial charge in [-0.2, -0.15) is 0 Å². The minimum absolute atomic E-state index is 0. The number of rotatable bonds is 4. The van der Waals surface area contributed by atoms with Crippen molar-refractivity contribution in [1.82, 2.24) is 9.88 Å². The Bertz CT molecular complexity index is 424. The summed E-state index contributed by atoms with van der Waals surface area (Å²) in [6.07, 6.45) is 1.54. The highest BCUT2D eigenvalue weighted by molar-refractivity contribution is 14.0. The molecule has 1 aromatic heterocycles. The Morgan fingerprint density at radius 3 is 2.85 bits per heavy atom. The van der Waals surface area contributed by atoms with Gasteiger partial charge in [-0.3, -0.25) is 0 Å². The van der Waals surface area contributed by atoms with Gasteiger partial charge in [0.15, 0.2) is 5.96 Å². The minimum Gasteiger partial charge on any atom is -0.476 e. The highest BCUT2D eigenvalue weighted by atomic mass is 127. The van der Waals surface area contributed by atoms with Crippen molar-refractivity contribution in [1.29, 1.82) is 0 Å². The second-order valence-corrected chi connectivity index (χ2v) is 4.44. The van der Waals surface area contributed by atoms with E-state index in [0.717, 1.165) is 13.1 Å². The number of aromatic nitrogens is 1. The van der Waals surface area contributed by atoms with E-state index in [9.17, 15) is 0 Å². The normalized spacial score (nSPS) is 15.7. The molecule has 0 spiro atoms. The van der Waals surface area contributed by atoms with Crippen LogP contribution in [-0.4, -0.2) is 55.3 Å². The summed E-state index contributed by atoms with van der Waals surface area (Å²) in [5, 5.41) is 0.585. The van der Waals surface area contributed by atoms with E-state index in [1.54, 1.807) is 18.3 Å². The molecule has 2 rings (SSSR count). The number of guanidine groups is 1. The first-order chi connectivity index (χ1) is 9.25. The lowest BCUT2D eigenvalue weighted by Crippen LogP contribution is -2.45. The van der Waals surface area contributed by atoms with Crippen LogP contribution >= 0.6 is 35.6 Å². The van der Waals surface area contributed by atoms with Gasteiger partial charge in [0.1, 0.15) is 6.61 Å². The molecule has 0 unspecified atom stereocenters. The fourth-order valence-electron chi connectivity index (χ4n) is 1.65. The Labute approximate surface area is 140 Å². The van der Waals surface area contributed by atoms with E-state index in [2.05, 4.69) is 9.98 Å². The van der Waals surface area contributed by atoms with E-state index < -0.39 is 0 Å². The van der Waals surface area contributed by atoms with Gasteiger partial charge < -0.3 is 20.1 Å². The van der Waals surface area contributed by atoms with Crippen molar-refractivity contribution < 1.29 is 9.47 Å². The summed E-state index contributed by atoms with van der Waals surface area (Å²) in [7, 11) is 0. The molecule has 6 nitrogen and oxygen atoms in total. The zero-order valence-electron chi connectivity index (χ0n) is 11.0.